The first-order valence-corrected chi connectivity index (χ1v) is 7.61. The van der Waals surface area contributed by atoms with E-state index in [1.807, 2.05) is 16.9 Å². The second-order valence-electron chi connectivity index (χ2n) is 6.09. The molecule has 1 aliphatic heterocycles. The van der Waals surface area contributed by atoms with Gasteiger partial charge in [-0.05, 0) is 31.7 Å². The van der Waals surface area contributed by atoms with E-state index in [0.29, 0.717) is 38.5 Å². The minimum atomic E-state index is -0.713. The van der Waals surface area contributed by atoms with Crippen LogP contribution in [-0.2, 0) is 16.0 Å². The second-order valence-corrected chi connectivity index (χ2v) is 6.09. The normalized spacial score (nSPS) is 23.1. The summed E-state index contributed by atoms with van der Waals surface area (Å²) in [5.74, 6) is 0.0949. The number of Topliss-reactive ketones (excluding diaryl/α,β-unsaturated/α-hetero) is 1. The van der Waals surface area contributed by atoms with E-state index < -0.39 is 5.54 Å². The molecule has 1 saturated carbocycles. The molecule has 2 heterocycles. The van der Waals surface area contributed by atoms with Crippen LogP contribution in [0.3, 0.4) is 0 Å². The maximum atomic E-state index is 12.4. The van der Waals surface area contributed by atoms with Crippen molar-refractivity contribution in [1.29, 1.82) is 0 Å². The SMILES string of the molecule is NC1(C(=O)Cc2ccn(C3CCCC3)n2)CCOCC1. The molecule has 5 nitrogen and oxygen atoms in total. The van der Waals surface area contributed by atoms with Crippen molar-refractivity contribution in [2.75, 3.05) is 13.2 Å². The molecule has 1 aromatic heterocycles. The van der Waals surface area contributed by atoms with Crippen LogP contribution in [0.15, 0.2) is 12.3 Å². The van der Waals surface area contributed by atoms with E-state index >= 15 is 0 Å². The molecule has 0 atom stereocenters. The summed E-state index contributed by atoms with van der Waals surface area (Å²) >= 11 is 0. The maximum absolute atomic E-state index is 12.4. The van der Waals surface area contributed by atoms with E-state index in [9.17, 15) is 4.79 Å². The molecule has 110 valence electrons. The van der Waals surface area contributed by atoms with Gasteiger partial charge in [-0.2, -0.15) is 5.10 Å². The number of hydrogen-bond donors (Lipinski definition) is 1. The third kappa shape index (κ3) is 2.79. The lowest BCUT2D eigenvalue weighted by Gasteiger charge is -2.31. The monoisotopic (exact) mass is 277 g/mol. The van der Waals surface area contributed by atoms with Crippen LogP contribution >= 0.6 is 0 Å². The van der Waals surface area contributed by atoms with E-state index in [2.05, 4.69) is 5.10 Å². The smallest absolute Gasteiger partial charge is 0.158 e. The summed E-state index contributed by atoms with van der Waals surface area (Å²) in [5.41, 5.74) is 6.35. The summed E-state index contributed by atoms with van der Waals surface area (Å²) < 4.78 is 7.32. The summed E-state index contributed by atoms with van der Waals surface area (Å²) in [6.07, 6.45) is 8.56. The summed E-state index contributed by atoms with van der Waals surface area (Å²) in [6.45, 7) is 1.16. The molecule has 2 aliphatic rings. The number of nitrogens with two attached hydrogens (primary N) is 1. The first-order valence-electron chi connectivity index (χ1n) is 7.61. The van der Waals surface area contributed by atoms with Gasteiger partial charge in [0.15, 0.2) is 5.78 Å². The first-order chi connectivity index (χ1) is 9.67. The Labute approximate surface area is 119 Å². The quantitative estimate of drug-likeness (QED) is 0.908. The van der Waals surface area contributed by atoms with Crippen LogP contribution < -0.4 is 5.73 Å². The second kappa shape index (κ2) is 5.66. The van der Waals surface area contributed by atoms with Gasteiger partial charge in [0.1, 0.15) is 0 Å². The zero-order chi connectivity index (χ0) is 14.0. The maximum Gasteiger partial charge on any atom is 0.158 e. The van der Waals surface area contributed by atoms with Gasteiger partial charge < -0.3 is 10.5 Å². The van der Waals surface area contributed by atoms with E-state index in [1.165, 1.54) is 25.7 Å². The fourth-order valence-corrected chi connectivity index (χ4v) is 3.20. The van der Waals surface area contributed by atoms with Gasteiger partial charge in [0.25, 0.3) is 0 Å². The molecule has 2 N–H and O–H groups in total. The Balaban J connectivity index is 1.63. The van der Waals surface area contributed by atoms with Crippen molar-refractivity contribution in [2.45, 2.75) is 56.5 Å². The van der Waals surface area contributed by atoms with Crippen molar-refractivity contribution in [2.24, 2.45) is 5.73 Å². The van der Waals surface area contributed by atoms with Crippen molar-refractivity contribution >= 4 is 5.78 Å². The standard InChI is InChI=1S/C15H23N3O2/c16-15(6-9-20-10-7-15)14(19)11-12-5-8-18(17-12)13-3-1-2-4-13/h5,8,13H,1-4,6-7,9-11,16H2. The van der Waals surface area contributed by atoms with Crippen molar-refractivity contribution in [1.82, 2.24) is 9.78 Å². The Morgan fingerprint density at radius 3 is 2.80 bits per heavy atom. The Morgan fingerprint density at radius 1 is 1.40 bits per heavy atom. The molecule has 1 saturated heterocycles. The summed E-state index contributed by atoms with van der Waals surface area (Å²) in [5, 5.41) is 4.57. The molecule has 0 radical (unpaired) electrons. The fraction of sp³-hybridized carbons (Fsp3) is 0.733. The highest BCUT2D eigenvalue weighted by Crippen LogP contribution is 2.29. The van der Waals surface area contributed by atoms with Crippen LogP contribution in [0.1, 0.15) is 50.3 Å². The lowest BCUT2D eigenvalue weighted by Crippen LogP contribution is -2.52. The van der Waals surface area contributed by atoms with Crippen LogP contribution in [0.4, 0.5) is 0 Å². The molecular weight excluding hydrogens is 254 g/mol. The zero-order valence-corrected chi connectivity index (χ0v) is 11.9. The summed E-state index contributed by atoms with van der Waals surface area (Å²) in [6, 6.07) is 2.48. The highest BCUT2D eigenvalue weighted by atomic mass is 16.5. The van der Waals surface area contributed by atoms with Gasteiger partial charge in [0.2, 0.25) is 0 Å². The number of carbonyl (C=O) groups is 1. The third-order valence-corrected chi connectivity index (χ3v) is 4.64. The van der Waals surface area contributed by atoms with E-state index in [4.69, 9.17) is 10.5 Å². The molecule has 0 amide bonds. The predicted molar refractivity (Wildman–Crippen MR) is 75.4 cm³/mol. The summed E-state index contributed by atoms with van der Waals surface area (Å²) in [4.78, 5) is 12.4. The first kappa shape index (κ1) is 13.8. The Kier molecular flexibility index (Phi) is 3.89. The van der Waals surface area contributed by atoms with Crippen LogP contribution in [-0.4, -0.2) is 34.3 Å². The molecule has 0 bridgehead atoms. The van der Waals surface area contributed by atoms with E-state index in [1.54, 1.807) is 0 Å². The summed E-state index contributed by atoms with van der Waals surface area (Å²) in [7, 11) is 0. The topological polar surface area (TPSA) is 70.1 Å². The lowest BCUT2D eigenvalue weighted by molar-refractivity contribution is -0.126. The van der Waals surface area contributed by atoms with Gasteiger partial charge in [-0.1, -0.05) is 12.8 Å². The number of ketones is 1. The minimum Gasteiger partial charge on any atom is -0.381 e. The Morgan fingerprint density at radius 2 is 2.10 bits per heavy atom. The minimum absolute atomic E-state index is 0.0949. The number of carbonyl (C=O) groups excluding carboxylic acids is 1. The van der Waals surface area contributed by atoms with Crippen molar-refractivity contribution < 1.29 is 9.53 Å². The van der Waals surface area contributed by atoms with Gasteiger partial charge >= 0.3 is 0 Å². The number of rotatable bonds is 4. The Hall–Kier alpha value is -1.20. The number of aromatic nitrogens is 2. The highest BCUT2D eigenvalue weighted by Gasteiger charge is 2.35. The molecule has 3 rings (SSSR count). The molecule has 0 aromatic carbocycles. The highest BCUT2D eigenvalue weighted by molar-refractivity contribution is 5.89. The van der Waals surface area contributed by atoms with Crippen molar-refractivity contribution in [3.05, 3.63) is 18.0 Å². The average molecular weight is 277 g/mol. The van der Waals surface area contributed by atoms with Gasteiger partial charge in [-0.3, -0.25) is 9.48 Å². The third-order valence-electron chi connectivity index (χ3n) is 4.64. The molecule has 5 heteroatoms. The van der Waals surface area contributed by atoms with Crippen molar-refractivity contribution in [3.63, 3.8) is 0 Å². The predicted octanol–water partition coefficient (Wildman–Crippen LogP) is 1.62. The Bertz CT molecular complexity index is 471. The fourth-order valence-electron chi connectivity index (χ4n) is 3.20. The van der Waals surface area contributed by atoms with Crippen LogP contribution in [0, 0.1) is 0 Å². The molecule has 0 unspecified atom stereocenters. The largest absolute Gasteiger partial charge is 0.381 e. The van der Waals surface area contributed by atoms with Crippen LogP contribution in [0.25, 0.3) is 0 Å². The van der Waals surface area contributed by atoms with Crippen LogP contribution in [0.2, 0.25) is 0 Å². The molecule has 20 heavy (non-hydrogen) atoms. The van der Waals surface area contributed by atoms with Crippen molar-refractivity contribution in [3.8, 4) is 0 Å². The van der Waals surface area contributed by atoms with Gasteiger partial charge in [0, 0.05) is 19.4 Å². The van der Waals surface area contributed by atoms with Gasteiger partial charge in [-0.25, -0.2) is 0 Å². The molecule has 0 spiro atoms. The van der Waals surface area contributed by atoms with E-state index in [0.717, 1.165) is 5.69 Å². The number of nitrogens with zero attached hydrogens (tertiary/aromatic N) is 2. The molecule has 1 aromatic rings. The molecule has 1 aliphatic carbocycles. The zero-order valence-electron chi connectivity index (χ0n) is 11.9. The average Bonchev–Trinajstić information content (AvgIpc) is 3.09. The lowest BCUT2D eigenvalue weighted by atomic mass is 9.85. The van der Waals surface area contributed by atoms with E-state index in [-0.39, 0.29) is 5.78 Å². The van der Waals surface area contributed by atoms with Crippen LogP contribution in [0.5, 0.6) is 0 Å². The molecular formula is C15H23N3O2. The number of ether oxygens (including phenoxy) is 1. The molecule has 2 fully saturated rings. The van der Waals surface area contributed by atoms with Gasteiger partial charge in [0.05, 0.1) is 23.7 Å². The number of hydrogen-bond acceptors (Lipinski definition) is 4. The van der Waals surface area contributed by atoms with Gasteiger partial charge in [-0.15, -0.1) is 0 Å².